The highest BCUT2D eigenvalue weighted by Crippen LogP contribution is 2.28. The highest BCUT2D eigenvalue weighted by Gasteiger charge is 2.31. The predicted octanol–water partition coefficient (Wildman–Crippen LogP) is 1.89. The highest BCUT2D eigenvalue weighted by molar-refractivity contribution is 5.74. The summed E-state index contributed by atoms with van der Waals surface area (Å²) < 4.78 is 0. The molecule has 1 saturated heterocycles. The van der Waals surface area contributed by atoms with E-state index >= 15 is 0 Å². The van der Waals surface area contributed by atoms with Gasteiger partial charge >= 0.3 is 6.03 Å². The van der Waals surface area contributed by atoms with Gasteiger partial charge in [0, 0.05) is 18.5 Å². The van der Waals surface area contributed by atoms with Gasteiger partial charge in [-0.25, -0.2) is 4.79 Å². The number of amides is 2. The van der Waals surface area contributed by atoms with E-state index in [1.165, 1.54) is 19.3 Å². The predicted molar refractivity (Wildman–Crippen MR) is 53.7 cm³/mol. The molecule has 0 saturated carbocycles. The molecule has 1 heterocycles. The van der Waals surface area contributed by atoms with Gasteiger partial charge < -0.3 is 10.6 Å². The maximum Gasteiger partial charge on any atom is 0.314 e. The molecule has 3 nitrogen and oxygen atoms in total. The molecule has 0 spiro atoms. The van der Waals surface area contributed by atoms with Crippen molar-refractivity contribution in [2.75, 3.05) is 13.1 Å². The van der Waals surface area contributed by atoms with Gasteiger partial charge in [0.1, 0.15) is 0 Å². The molecule has 0 aromatic carbocycles. The van der Waals surface area contributed by atoms with Gasteiger partial charge in [-0.15, -0.1) is 0 Å². The molecule has 0 radical (unpaired) electrons. The van der Waals surface area contributed by atoms with Gasteiger partial charge in [-0.1, -0.05) is 26.7 Å². The molecule has 2 N–H and O–H groups in total. The van der Waals surface area contributed by atoms with Crippen LogP contribution in [0.5, 0.6) is 0 Å². The van der Waals surface area contributed by atoms with E-state index in [9.17, 15) is 4.79 Å². The maximum absolute atomic E-state index is 10.9. The van der Waals surface area contributed by atoms with Crippen molar-refractivity contribution in [1.82, 2.24) is 10.6 Å². The SMILES string of the molecule is CCCCC1(CC)CNC(=O)NC1. The molecule has 2 amide bonds. The highest BCUT2D eigenvalue weighted by atomic mass is 16.2. The number of carbonyl (C=O) groups excluding carboxylic acids is 1. The van der Waals surface area contributed by atoms with Crippen LogP contribution >= 0.6 is 0 Å². The van der Waals surface area contributed by atoms with Crippen molar-refractivity contribution in [2.45, 2.75) is 39.5 Å². The second-order valence-electron chi connectivity index (χ2n) is 3.99. The lowest BCUT2D eigenvalue weighted by molar-refractivity contribution is 0.180. The molecule has 76 valence electrons. The summed E-state index contributed by atoms with van der Waals surface area (Å²) in [6, 6.07) is -0.0134. The summed E-state index contributed by atoms with van der Waals surface area (Å²) in [4.78, 5) is 10.9. The molecular formula is C10H20N2O. The van der Waals surface area contributed by atoms with Gasteiger partial charge in [-0.3, -0.25) is 0 Å². The van der Waals surface area contributed by atoms with Crippen LogP contribution in [-0.4, -0.2) is 19.1 Å². The molecule has 0 atom stereocenters. The first-order valence-electron chi connectivity index (χ1n) is 5.24. The number of urea groups is 1. The van der Waals surface area contributed by atoms with Crippen LogP contribution in [0, 0.1) is 5.41 Å². The van der Waals surface area contributed by atoms with E-state index in [4.69, 9.17) is 0 Å². The molecule has 0 aromatic heterocycles. The zero-order valence-electron chi connectivity index (χ0n) is 8.65. The van der Waals surface area contributed by atoms with Crippen LogP contribution < -0.4 is 10.6 Å². The lowest BCUT2D eigenvalue weighted by Gasteiger charge is -2.37. The summed E-state index contributed by atoms with van der Waals surface area (Å²) in [5.41, 5.74) is 0.309. The number of unbranched alkanes of at least 4 members (excludes halogenated alkanes) is 1. The fourth-order valence-corrected chi connectivity index (χ4v) is 1.82. The van der Waals surface area contributed by atoms with Crippen molar-refractivity contribution in [1.29, 1.82) is 0 Å². The van der Waals surface area contributed by atoms with Crippen LogP contribution in [0.4, 0.5) is 4.79 Å². The van der Waals surface area contributed by atoms with Crippen molar-refractivity contribution in [3.63, 3.8) is 0 Å². The van der Waals surface area contributed by atoms with Gasteiger partial charge in [0.05, 0.1) is 0 Å². The zero-order chi connectivity index (χ0) is 9.73. The zero-order valence-corrected chi connectivity index (χ0v) is 8.65. The van der Waals surface area contributed by atoms with Gasteiger partial charge in [-0.05, 0) is 12.8 Å². The molecule has 0 aliphatic carbocycles. The van der Waals surface area contributed by atoms with Crippen molar-refractivity contribution in [3.8, 4) is 0 Å². The smallest absolute Gasteiger partial charge is 0.314 e. The molecule has 1 aliphatic rings. The molecule has 1 rings (SSSR count). The van der Waals surface area contributed by atoms with E-state index in [0.717, 1.165) is 19.5 Å². The van der Waals surface area contributed by atoms with Crippen LogP contribution in [0.2, 0.25) is 0 Å². The fraction of sp³-hybridized carbons (Fsp3) is 0.900. The number of carbonyl (C=O) groups is 1. The lowest BCUT2D eigenvalue weighted by atomic mass is 9.79. The van der Waals surface area contributed by atoms with Crippen LogP contribution in [-0.2, 0) is 0 Å². The third kappa shape index (κ3) is 2.61. The van der Waals surface area contributed by atoms with Gasteiger partial charge in [0.2, 0.25) is 0 Å². The largest absolute Gasteiger partial charge is 0.338 e. The Morgan fingerprint density at radius 3 is 2.38 bits per heavy atom. The third-order valence-electron chi connectivity index (χ3n) is 3.06. The van der Waals surface area contributed by atoms with Crippen LogP contribution in [0.1, 0.15) is 39.5 Å². The van der Waals surface area contributed by atoms with E-state index in [2.05, 4.69) is 24.5 Å². The van der Waals surface area contributed by atoms with Gasteiger partial charge in [0.15, 0.2) is 0 Å². The number of rotatable bonds is 4. The minimum absolute atomic E-state index is 0.0134. The Labute approximate surface area is 80.3 Å². The Bertz CT molecular complexity index is 170. The summed E-state index contributed by atoms with van der Waals surface area (Å²) in [7, 11) is 0. The Hall–Kier alpha value is -0.730. The molecule has 1 fully saturated rings. The third-order valence-corrected chi connectivity index (χ3v) is 3.06. The van der Waals surface area contributed by atoms with Crippen molar-refractivity contribution in [3.05, 3.63) is 0 Å². The van der Waals surface area contributed by atoms with E-state index in [0.29, 0.717) is 5.41 Å². The number of hydrogen-bond donors (Lipinski definition) is 2. The summed E-state index contributed by atoms with van der Waals surface area (Å²) >= 11 is 0. The quantitative estimate of drug-likeness (QED) is 0.688. The van der Waals surface area contributed by atoms with E-state index in [1.807, 2.05) is 0 Å². The Morgan fingerprint density at radius 1 is 1.31 bits per heavy atom. The molecule has 0 aromatic rings. The van der Waals surface area contributed by atoms with Crippen LogP contribution in [0.15, 0.2) is 0 Å². The molecular weight excluding hydrogens is 164 g/mol. The Kier molecular flexibility index (Phi) is 3.58. The Balaban J connectivity index is 2.44. The fourth-order valence-electron chi connectivity index (χ4n) is 1.82. The van der Waals surface area contributed by atoms with Crippen LogP contribution in [0.25, 0.3) is 0 Å². The topological polar surface area (TPSA) is 41.1 Å². The van der Waals surface area contributed by atoms with E-state index in [-0.39, 0.29) is 6.03 Å². The molecule has 0 bridgehead atoms. The normalized spacial score (nSPS) is 20.6. The van der Waals surface area contributed by atoms with Crippen molar-refractivity contribution >= 4 is 6.03 Å². The minimum Gasteiger partial charge on any atom is -0.338 e. The van der Waals surface area contributed by atoms with Crippen molar-refractivity contribution in [2.24, 2.45) is 5.41 Å². The monoisotopic (exact) mass is 184 g/mol. The molecule has 1 aliphatic heterocycles. The molecule has 0 unspecified atom stereocenters. The maximum atomic E-state index is 10.9. The van der Waals surface area contributed by atoms with Crippen LogP contribution in [0.3, 0.4) is 0 Å². The minimum atomic E-state index is -0.0134. The second-order valence-corrected chi connectivity index (χ2v) is 3.99. The number of hydrogen-bond acceptors (Lipinski definition) is 1. The summed E-state index contributed by atoms with van der Waals surface area (Å²) in [5.74, 6) is 0. The molecule has 3 heteroatoms. The standard InChI is InChI=1S/C10H20N2O/c1-3-5-6-10(4-2)7-11-9(13)12-8-10/h3-8H2,1-2H3,(H2,11,12,13). The average molecular weight is 184 g/mol. The Morgan fingerprint density at radius 2 is 1.92 bits per heavy atom. The molecule has 13 heavy (non-hydrogen) atoms. The second kappa shape index (κ2) is 4.49. The summed E-state index contributed by atoms with van der Waals surface area (Å²) in [5, 5.41) is 5.77. The summed E-state index contributed by atoms with van der Waals surface area (Å²) in [6.07, 6.45) is 4.84. The van der Waals surface area contributed by atoms with Gasteiger partial charge in [0.25, 0.3) is 0 Å². The van der Waals surface area contributed by atoms with E-state index < -0.39 is 0 Å². The first-order chi connectivity index (χ1) is 6.22. The lowest BCUT2D eigenvalue weighted by Crippen LogP contribution is -2.54. The summed E-state index contributed by atoms with van der Waals surface area (Å²) in [6.45, 7) is 6.09. The van der Waals surface area contributed by atoms with E-state index in [1.54, 1.807) is 0 Å². The van der Waals surface area contributed by atoms with Crippen molar-refractivity contribution < 1.29 is 4.79 Å². The average Bonchev–Trinajstić information content (AvgIpc) is 2.18. The number of nitrogens with one attached hydrogen (secondary N) is 2. The van der Waals surface area contributed by atoms with Gasteiger partial charge in [-0.2, -0.15) is 0 Å². The first kappa shape index (κ1) is 10.4. The first-order valence-corrected chi connectivity index (χ1v) is 5.24.